The maximum Gasteiger partial charge on any atom is 0.414 e. The highest BCUT2D eigenvalue weighted by Crippen LogP contribution is 2.44. The summed E-state index contributed by atoms with van der Waals surface area (Å²) >= 11 is 0.733. The summed E-state index contributed by atoms with van der Waals surface area (Å²) in [7, 11) is 5.80. The zero-order chi connectivity index (χ0) is 23.3. The molecule has 0 aliphatic heterocycles. The van der Waals surface area contributed by atoms with Crippen LogP contribution in [0.15, 0.2) is 24.3 Å². The molecule has 0 N–H and O–H groups in total. The topological polar surface area (TPSA) is 102 Å². The number of ketones is 1. The molecule has 2 rings (SSSR count). The van der Waals surface area contributed by atoms with Gasteiger partial charge in [0.15, 0.2) is 10.6 Å². The number of amides is 2. The highest BCUT2D eigenvalue weighted by Gasteiger charge is 2.34. The molecular formula is C21H24N2O7S. The zero-order valence-electron chi connectivity index (χ0n) is 18.2. The fourth-order valence-corrected chi connectivity index (χ4v) is 3.27. The van der Waals surface area contributed by atoms with Gasteiger partial charge in [0.2, 0.25) is 11.5 Å². The van der Waals surface area contributed by atoms with E-state index in [9.17, 15) is 19.2 Å². The fourth-order valence-electron chi connectivity index (χ4n) is 2.26. The van der Waals surface area contributed by atoms with Crippen LogP contribution in [-0.2, 0) is 4.74 Å². The van der Waals surface area contributed by atoms with Crippen LogP contribution in [0.4, 0.5) is 9.59 Å². The first-order valence-electron chi connectivity index (χ1n) is 9.30. The van der Waals surface area contributed by atoms with Gasteiger partial charge in [0.1, 0.15) is 4.88 Å². The van der Waals surface area contributed by atoms with Crippen molar-refractivity contribution in [2.75, 3.05) is 34.8 Å². The van der Waals surface area contributed by atoms with Crippen LogP contribution in [0.3, 0.4) is 0 Å². The van der Waals surface area contributed by atoms with Crippen molar-refractivity contribution in [1.29, 1.82) is 0 Å². The second-order valence-electron chi connectivity index (χ2n) is 6.86. The third-order valence-corrected chi connectivity index (χ3v) is 5.04. The molecule has 0 atom stereocenters. The van der Waals surface area contributed by atoms with E-state index in [4.69, 9.17) is 14.2 Å². The predicted octanol–water partition coefficient (Wildman–Crippen LogP) is 3.59. The van der Waals surface area contributed by atoms with E-state index in [1.165, 1.54) is 28.2 Å². The fraction of sp³-hybridized carbons (Fsp3) is 0.333. The van der Waals surface area contributed by atoms with Gasteiger partial charge in [-0.05, 0) is 13.8 Å². The Morgan fingerprint density at radius 1 is 0.839 bits per heavy atom. The summed E-state index contributed by atoms with van der Waals surface area (Å²) in [6.45, 7) is 3.55. The molecule has 1 heterocycles. The lowest BCUT2D eigenvalue weighted by Gasteiger charge is -2.15. The van der Waals surface area contributed by atoms with Crippen LogP contribution in [0.5, 0.6) is 11.5 Å². The van der Waals surface area contributed by atoms with Crippen molar-refractivity contribution in [1.82, 2.24) is 9.80 Å². The van der Waals surface area contributed by atoms with Gasteiger partial charge >= 0.3 is 18.2 Å². The Morgan fingerprint density at radius 2 is 1.32 bits per heavy atom. The quantitative estimate of drug-likeness (QED) is 0.491. The Kier molecular flexibility index (Phi) is 7.76. The van der Waals surface area contributed by atoms with Crippen LogP contribution >= 0.6 is 11.3 Å². The van der Waals surface area contributed by atoms with E-state index in [0.717, 1.165) is 26.7 Å². The summed E-state index contributed by atoms with van der Waals surface area (Å²) in [6.07, 6.45) is -1.63. The van der Waals surface area contributed by atoms with Crippen LogP contribution in [0.25, 0.3) is 0 Å². The van der Waals surface area contributed by atoms with E-state index in [-0.39, 0.29) is 27.9 Å². The summed E-state index contributed by atoms with van der Waals surface area (Å²) in [5, 5.41) is 0. The molecule has 0 aliphatic rings. The summed E-state index contributed by atoms with van der Waals surface area (Å²) in [4.78, 5) is 52.3. The highest BCUT2D eigenvalue weighted by atomic mass is 32.1. The number of aryl methyl sites for hydroxylation is 1. The number of hydrogen-bond acceptors (Lipinski definition) is 8. The lowest BCUT2D eigenvalue weighted by Crippen LogP contribution is -2.28. The Balaban J connectivity index is 2.69. The minimum Gasteiger partial charge on any atom is -0.462 e. The molecule has 31 heavy (non-hydrogen) atoms. The number of carbonyl (C=O) groups excluding carboxylic acids is 4. The first kappa shape index (κ1) is 23.9. The van der Waals surface area contributed by atoms with Crippen molar-refractivity contribution >= 4 is 35.3 Å². The largest absolute Gasteiger partial charge is 0.462 e. The van der Waals surface area contributed by atoms with Crippen molar-refractivity contribution in [3.8, 4) is 11.5 Å². The number of thiophene rings is 1. The lowest BCUT2D eigenvalue weighted by molar-refractivity contribution is 0.0528. The van der Waals surface area contributed by atoms with Gasteiger partial charge in [-0.25, -0.2) is 14.4 Å². The number of nitrogens with zero attached hydrogens (tertiary/aromatic N) is 2. The van der Waals surface area contributed by atoms with Gasteiger partial charge in [0.25, 0.3) is 0 Å². The summed E-state index contributed by atoms with van der Waals surface area (Å²) < 4.78 is 15.7. The second kappa shape index (κ2) is 10.1. The molecule has 1 aromatic heterocycles. The number of carbonyl (C=O) groups is 4. The average Bonchev–Trinajstić information content (AvgIpc) is 3.06. The molecule has 0 saturated heterocycles. The van der Waals surface area contributed by atoms with E-state index in [0.29, 0.717) is 5.56 Å². The first-order chi connectivity index (χ1) is 14.6. The maximum atomic E-state index is 13.2. The van der Waals surface area contributed by atoms with Crippen LogP contribution in [-0.4, -0.2) is 68.5 Å². The summed E-state index contributed by atoms with van der Waals surface area (Å²) in [5.41, 5.74) is 1.27. The molecule has 2 amide bonds. The normalized spacial score (nSPS) is 10.3. The molecule has 0 spiro atoms. The van der Waals surface area contributed by atoms with Crippen molar-refractivity contribution < 1.29 is 33.4 Å². The number of hydrogen-bond donors (Lipinski definition) is 0. The molecular weight excluding hydrogens is 424 g/mol. The standard InChI is InChI=1S/C21H24N2O7S/c1-7-28-19(25)18-16(30-21(27)23(5)6)15(29-20(26)22(3)4)17(31-18)14(24)13-10-8-12(2)9-11-13/h8-11H,7H2,1-6H3. The minimum absolute atomic E-state index is 0.0614. The van der Waals surface area contributed by atoms with E-state index >= 15 is 0 Å². The molecule has 0 fully saturated rings. The predicted molar refractivity (Wildman–Crippen MR) is 114 cm³/mol. The SMILES string of the molecule is CCOC(=O)c1sc(C(=O)c2ccc(C)cc2)c(OC(=O)N(C)C)c1OC(=O)N(C)C. The second-order valence-corrected chi connectivity index (χ2v) is 7.88. The van der Waals surface area contributed by atoms with Gasteiger partial charge in [0, 0.05) is 33.8 Å². The van der Waals surface area contributed by atoms with Crippen molar-refractivity contribution in [3.05, 3.63) is 45.1 Å². The Morgan fingerprint density at radius 3 is 1.77 bits per heavy atom. The van der Waals surface area contributed by atoms with Crippen LogP contribution in [0, 0.1) is 6.92 Å². The van der Waals surface area contributed by atoms with Crippen molar-refractivity contribution in [2.24, 2.45) is 0 Å². The van der Waals surface area contributed by atoms with Crippen LogP contribution in [0.1, 0.15) is 37.4 Å². The van der Waals surface area contributed by atoms with Gasteiger partial charge < -0.3 is 24.0 Å². The van der Waals surface area contributed by atoms with Crippen molar-refractivity contribution in [3.63, 3.8) is 0 Å². The van der Waals surface area contributed by atoms with E-state index in [1.54, 1.807) is 31.2 Å². The Labute approximate surface area is 184 Å². The molecule has 0 bridgehead atoms. The third kappa shape index (κ3) is 5.60. The number of ether oxygens (including phenoxy) is 3. The van der Waals surface area contributed by atoms with Crippen molar-refractivity contribution in [2.45, 2.75) is 13.8 Å². The molecule has 9 nitrogen and oxygen atoms in total. The van der Waals surface area contributed by atoms with Crippen LogP contribution < -0.4 is 9.47 Å². The number of esters is 1. The maximum absolute atomic E-state index is 13.2. The van der Waals surface area contributed by atoms with Gasteiger partial charge in [-0.15, -0.1) is 11.3 Å². The van der Waals surface area contributed by atoms with E-state index < -0.39 is 23.9 Å². The van der Waals surface area contributed by atoms with Gasteiger partial charge in [-0.2, -0.15) is 0 Å². The molecule has 2 aromatic rings. The highest BCUT2D eigenvalue weighted by molar-refractivity contribution is 7.17. The monoisotopic (exact) mass is 448 g/mol. The minimum atomic E-state index is -0.820. The molecule has 0 unspecified atom stereocenters. The molecule has 10 heteroatoms. The Hall–Kier alpha value is -3.40. The van der Waals surface area contributed by atoms with E-state index in [1.807, 2.05) is 6.92 Å². The zero-order valence-corrected chi connectivity index (χ0v) is 19.0. The summed E-state index contributed by atoms with van der Waals surface area (Å²) in [6, 6.07) is 6.74. The van der Waals surface area contributed by atoms with Gasteiger partial charge in [-0.3, -0.25) is 4.79 Å². The number of rotatable bonds is 6. The molecule has 1 aromatic carbocycles. The third-order valence-electron chi connectivity index (χ3n) is 3.91. The molecule has 166 valence electrons. The Bertz CT molecular complexity index is 994. The average molecular weight is 448 g/mol. The smallest absolute Gasteiger partial charge is 0.414 e. The molecule has 0 radical (unpaired) electrons. The number of benzene rings is 1. The lowest BCUT2D eigenvalue weighted by atomic mass is 10.1. The van der Waals surface area contributed by atoms with Gasteiger partial charge in [-0.1, -0.05) is 29.8 Å². The molecule has 0 aliphatic carbocycles. The first-order valence-corrected chi connectivity index (χ1v) is 10.1. The molecule has 0 saturated carbocycles. The summed E-state index contributed by atoms with van der Waals surface area (Å²) in [5.74, 6) is -1.95. The van der Waals surface area contributed by atoms with Gasteiger partial charge in [0.05, 0.1) is 6.61 Å². The van der Waals surface area contributed by atoms with E-state index in [2.05, 4.69) is 0 Å². The van der Waals surface area contributed by atoms with Crippen LogP contribution in [0.2, 0.25) is 0 Å².